The van der Waals surface area contributed by atoms with Crippen LogP contribution in [0.5, 0.6) is 0 Å². The van der Waals surface area contributed by atoms with Crippen LogP contribution in [0.15, 0.2) is 0 Å². The van der Waals surface area contributed by atoms with Gasteiger partial charge in [0.15, 0.2) is 0 Å². The van der Waals surface area contributed by atoms with Crippen LogP contribution in [-0.4, -0.2) is 45.3 Å². The molecule has 2 heterocycles. The first kappa shape index (κ1) is 9.52. The van der Waals surface area contributed by atoms with Crippen molar-refractivity contribution in [1.29, 1.82) is 0 Å². The molecule has 0 amide bonds. The molecule has 2 aliphatic rings. The highest BCUT2D eigenvalue weighted by Crippen LogP contribution is 2.36. The molecule has 2 aliphatic heterocycles. The predicted octanol–water partition coefficient (Wildman–Crippen LogP) is 1.17. The molecule has 0 N–H and O–H groups in total. The predicted molar refractivity (Wildman–Crippen MR) is 60.9 cm³/mol. The fourth-order valence-corrected chi connectivity index (χ4v) is 3.51. The monoisotopic (exact) mass is 222 g/mol. The molecule has 2 fully saturated rings. The van der Waals surface area contributed by atoms with Crippen molar-refractivity contribution in [3.05, 3.63) is 0 Å². The van der Waals surface area contributed by atoms with Crippen LogP contribution in [0.3, 0.4) is 0 Å². The van der Waals surface area contributed by atoms with Gasteiger partial charge in [0.2, 0.25) is 0 Å². The minimum absolute atomic E-state index is 0.129. The average Bonchev–Trinajstić information content (AvgIpc) is 2.60. The summed E-state index contributed by atoms with van der Waals surface area (Å²) < 4.78 is 2.61. The van der Waals surface area contributed by atoms with E-state index in [-0.39, 0.29) is 4.71 Å². The summed E-state index contributed by atoms with van der Waals surface area (Å²) in [5.74, 6) is 0. The minimum Gasteiger partial charge on any atom is -0.278 e. The van der Waals surface area contributed by atoms with Crippen LogP contribution in [-0.2, 0) is 0 Å². The van der Waals surface area contributed by atoms with E-state index in [1.54, 1.807) is 0 Å². The van der Waals surface area contributed by atoms with Crippen LogP contribution in [0.25, 0.3) is 0 Å². The molecular formula is C7H14N2S3. The highest BCUT2D eigenvalue weighted by atomic mass is 32.2. The molecule has 2 rings (SSSR count). The Hall–Kier alpha value is 0.970. The first-order chi connectivity index (χ1) is 5.72. The maximum absolute atomic E-state index is 4.35. The Morgan fingerprint density at radius 1 is 1.33 bits per heavy atom. The Bertz CT molecular complexity index is 176. The van der Waals surface area contributed by atoms with Gasteiger partial charge in [-0.2, -0.15) is 0 Å². The molecule has 2 saturated heterocycles. The zero-order chi connectivity index (χ0) is 8.72. The molecule has 2 unspecified atom stereocenters. The van der Waals surface area contributed by atoms with Crippen molar-refractivity contribution in [2.45, 2.75) is 23.2 Å². The van der Waals surface area contributed by atoms with Crippen molar-refractivity contribution in [2.24, 2.45) is 0 Å². The van der Waals surface area contributed by atoms with E-state index < -0.39 is 0 Å². The largest absolute Gasteiger partial charge is 0.278 e. The highest BCUT2D eigenvalue weighted by molar-refractivity contribution is 7.99. The number of hydrogen-bond acceptors (Lipinski definition) is 5. The van der Waals surface area contributed by atoms with Crippen molar-refractivity contribution >= 4 is 37.2 Å². The Morgan fingerprint density at radius 2 is 2.08 bits per heavy atom. The lowest BCUT2D eigenvalue weighted by molar-refractivity contribution is 0.209. The highest BCUT2D eigenvalue weighted by Gasteiger charge is 2.44. The normalized spacial score (nSPS) is 37.0. The van der Waals surface area contributed by atoms with E-state index in [0.717, 1.165) is 12.6 Å². The third-order valence-corrected chi connectivity index (χ3v) is 4.27. The molecule has 70 valence electrons. The lowest BCUT2D eigenvalue weighted by atomic mass is 10.2. The summed E-state index contributed by atoms with van der Waals surface area (Å²) in [4.78, 5) is 2.38. The molecule has 0 aromatic carbocycles. The summed E-state index contributed by atoms with van der Waals surface area (Å²) in [6, 6.07) is 1.44. The van der Waals surface area contributed by atoms with E-state index in [1.165, 1.54) is 13.0 Å². The summed E-state index contributed by atoms with van der Waals surface area (Å²) in [6.07, 6.45) is 3.46. The second kappa shape index (κ2) is 3.61. The molecule has 0 radical (unpaired) electrons. The summed E-state index contributed by atoms with van der Waals surface area (Å²) >= 11 is 10.6. The summed E-state index contributed by atoms with van der Waals surface area (Å²) in [7, 11) is 0. The fraction of sp³-hybridized carbons (Fsp3) is 1.00. The van der Waals surface area contributed by atoms with E-state index in [9.17, 15) is 0 Å². The van der Waals surface area contributed by atoms with Crippen LogP contribution < -0.4 is 0 Å². The van der Waals surface area contributed by atoms with Crippen LogP contribution in [0.1, 0.15) is 6.42 Å². The molecule has 0 spiro atoms. The zero-order valence-corrected chi connectivity index (χ0v) is 9.66. The third-order valence-electron chi connectivity index (χ3n) is 2.76. The van der Waals surface area contributed by atoms with Gasteiger partial charge in [-0.3, -0.25) is 4.90 Å². The van der Waals surface area contributed by atoms with Gasteiger partial charge in [-0.1, -0.05) is 11.9 Å². The van der Waals surface area contributed by atoms with Crippen LogP contribution >= 0.6 is 37.2 Å². The number of likely N-dealkylation sites (tertiary alicyclic amines) is 1. The lowest BCUT2D eigenvalue weighted by Crippen LogP contribution is -2.45. The summed E-state index contributed by atoms with van der Waals surface area (Å²) in [6.45, 7) is 2.33. The topological polar surface area (TPSA) is 6.48 Å². The van der Waals surface area contributed by atoms with Crippen molar-refractivity contribution in [3.63, 3.8) is 0 Å². The SMILES string of the molecule is CSN1CC2CC1CN2C(S)S. The van der Waals surface area contributed by atoms with Crippen molar-refractivity contribution in [1.82, 2.24) is 9.21 Å². The van der Waals surface area contributed by atoms with E-state index >= 15 is 0 Å². The Balaban J connectivity index is 1.98. The van der Waals surface area contributed by atoms with Gasteiger partial charge in [0.25, 0.3) is 0 Å². The minimum atomic E-state index is 0.129. The van der Waals surface area contributed by atoms with Gasteiger partial charge in [-0.05, 0) is 12.7 Å². The quantitative estimate of drug-likeness (QED) is 0.412. The van der Waals surface area contributed by atoms with Gasteiger partial charge in [0.1, 0.15) is 0 Å². The van der Waals surface area contributed by atoms with E-state index in [4.69, 9.17) is 0 Å². The number of piperazine rings is 1. The molecule has 0 aromatic rings. The molecule has 0 aromatic heterocycles. The standard InChI is InChI=1S/C7H14N2S3/c1-12-9-4-5-2-6(9)3-8(5)7(10)11/h5-7,10-11H,2-4H2,1H3. The van der Waals surface area contributed by atoms with E-state index in [2.05, 4.69) is 40.7 Å². The zero-order valence-electron chi connectivity index (χ0n) is 7.05. The van der Waals surface area contributed by atoms with Crippen LogP contribution in [0.4, 0.5) is 0 Å². The smallest absolute Gasteiger partial charge is 0.0973 e. The summed E-state index contributed by atoms with van der Waals surface area (Å²) in [5.41, 5.74) is 0. The fourth-order valence-electron chi connectivity index (χ4n) is 2.17. The Kier molecular flexibility index (Phi) is 2.87. The molecule has 2 atom stereocenters. The van der Waals surface area contributed by atoms with Gasteiger partial charge in [-0.15, -0.1) is 25.3 Å². The van der Waals surface area contributed by atoms with Gasteiger partial charge in [-0.25, -0.2) is 4.31 Å². The molecule has 0 saturated carbocycles. The van der Waals surface area contributed by atoms with Gasteiger partial charge < -0.3 is 0 Å². The molecule has 0 aliphatic carbocycles. The van der Waals surface area contributed by atoms with Gasteiger partial charge >= 0.3 is 0 Å². The molecule has 2 bridgehead atoms. The average molecular weight is 222 g/mol. The number of fused-ring (bicyclic) bond motifs is 2. The van der Waals surface area contributed by atoms with E-state index in [0.29, 0.717) is 6.04 Å². The maximum Gasteiger partial charge on any atom is 0.0973 e. The third kappa shape index (κ3) is 1.50. The van der Waals surface area contributed by atoms with Crippen molar-refractivity contribution in [3.8, 4) is 0 Å². The maximum atomic E-state index is 4.35. The van der Waals surface area contributed by atoms with Crippen LogP contribution in [0, 0.1) is 0 Å². The molecule has 2 nitrogen and oxygen atoms in total. The number of rotatable bonds is 2. The Labute approximate surface area is 89.0 Å². The van der Waals surface area contributed by atoms with Gasteiger partial charge in [0, 0.05) is 25.2 Å². The van der Waals surface area contributed by atoms with Crippen LogP contribution in [0.2, 0.25) is 0 Å². The lowest BCUT2D eigenvalue weighted by Gasteiger charge is -2.34. The number of hydrogen-bond donors (Lipinski definition) is 2. The van der Waals surface area contributed by atoms with E-state index in [1.807, 2.05) is 11.9 Å². The molecular weight excluding hydrogens is 208 g/mol. The number of nitrogens with zero attached hydrogens (tertiary/aromatic N) is 2. The second-order valence-corrected chi connectivity index (χ2v) is 5.59. The first-order valence-electron chi connectivity index (χ1n) is 4.15. The molecule has 12 heavy (non-hydrogen) atoms. The molecule has 5 heteroatoms. The van der Waals surface area contributed by atoms with Crippen molar-refractivity contribution in [2.75, 3.05) is 19.3 Å². The van der Waals surface area contributed by atoms with Crippen molar-refractivity contribution < 1.29 is 0 Å². The Morgan fingerprint density at radius 3 is 2.50 bits per heavy atom. The van der Waals surface area contributed by atoms with Gasteiger partial charge in [0.05, 0.1) is 4.71 Å². The first-order valence-corrected chi connectivity index (χ1v) is 6.36. The second-order valence-electron chi connectivity index (χ2n) is 3.37. The number of thiol groups is 2. The summed E-state index contributed by atoms with van der Waals surface area (Å²) in [5, 5.41) is 0.